The minimum atomic E-state index is 0. The van der Waals surface area contributed by atoms with E-state index in [0.717, 1.165) is 12.3 Å². The van der Waals surface area contributed by atoms with Crippen molar-refractivity contribution >= 4 is 6.21 Å². The summed E-state index contributed by atoms with van der Waals surface area (Å²) in [4.78, 5) is 4.52. The van der Waals surface area contributed by atoms with E-state index in [1.54, 1.807) is 7.11 Å². The first-order chi connectivity index (χ1) is 5.77. The average Bonchev–Trinajstić information content (AvgIpc) is 2.07. The second-order valence-electron chi connectivity index (χ2n) is 2.80. The third-order valence-electron chi connectivity index (χ3n) is 1.29. The molecule has 0 saturated carbocycles. The Morgan fingerprint density at radius 1 is 1.31 bits per heavy atom. The highest BCUT2D eigenvalue weighted by atomic mass is 16.6. The summed E-state index contributed by atoms with van der Waals surface area (Å²) < 4.78 is 0. The molecule has 0 aromatic carbocycles. The van der Waals surface area contributed by atoms with Crippen LogP contribution < -0.4 is 0 Å². The molecule has 0 unspecified atom stereocenters. The van der Waals surface area contributed by atoms with Gasteiger partial charge in [0.25, 0.3) is 0 Å². The summed E-state index contributed by atoms with van der Waals surface area (Å²) in [7, 11) is 1.57. The molecule has 0 radical (unpaired) electrons. The molecule has 0 aliphatic carbocycles. The number of hydrogen-bond donors (Lipinski definition) is 0. The molecule has 0 aromatic heterocycles. The van der Waals surface area contributed by atoms with Gasteiger partial charge in [-0.2, -0.15) is 0 Å². The number of oxime groups is 1. The van der Waals surface area contributed by atoms with Crippen LogP contribution in [0.2, 0.25) is 0 Å². The van der Waals surface area contributed by atoms with Crippen LogP contribution in [0.25, 0.3) is 0 Å². The van der Waals surface area contributed by atoms with Crippen LogP contribution in [0.5, 0.6) is 0 Å². The second kappa shape index (κ2) is 17.5. The summed E-state index contributed by atoms with van der Waals surface area (Å²) >= 11 is 0. The summed E-state index contributed by atoms with van der Waals surface area (Å²) in [5.41, 5.74) is 0. The molecule has 0 spiro atoms. The Hall–Kier alpha value is -0.530. The van der Waals surface area contributed by atoms with E-state index < -0.39 is 0 Å². The number of rotatable bonds is 5. The van der Waals surface area contributed by atoms with Gasteiger partial charge in [0, 0.05) is 6.21 Å². The molecule has 0 amide bonds. The molecular formula is C11H27NO. The zero-order valence-corrected chi connectivity index (χ0v) is 9.13. The Labute approximate surface area is 84.4 Å². The van der Waals surface area contributed by atoms with Gasteiger partial charge in [-0.1, -0.05) is 46.7 Å². The summed E-state index contributed by atoms with van der Waals surface area (Å²) in [5.74, 6) is 0.802. The van der Waals surface area contributed by atoms with Crippen molar-refractivity contribution in [3.63, 3.8) is 0 Å². The lowest BCUT2D eigenvalue weighted by atomic mass is 10.1. The minimum Gasteiger partial charge on any atom is -0.399 e. The fourth-order valence-electron chi connectivity index (χ4n) is 0.745. The third-order valence-corrected chi connectivity index (χ3v) is 1.29. The van der Waals surface area contributed by atoms with Crippen LogP contribution in [-0.4, -0.2) is 13.3 Å². The van der Waals surface area contributed by atoms with Gasteiger partial charge in [-0.25, -0.2) is 0 Å². The molecule has 0 heterocycles. The molecule has 0 bridgehead atoms. The van der Waals surface area contributed by atoms with Crippen LogP contribution in [0.15, 0.2) is 5.16 Å². The SMILES string of the molecule is C.CC.CO/N=C\CCCC(C)C. The van der Waals surface area contributed by atoms with Gasteiger partial charge in [0.2, 0.25) is 0 Å². The standard InChI is InChI=1S/C8H17NO.C2H6.CH4/c1-8(2)6-4-5-7-9-10-3;1-2;/h7-8H,4-6H2,1-3H3;1-2H3;1H4/b9-7-;;. The highest BCUT2D eigenvalue weighted by molar-refractivity contribution is 5.55. The predicted octanol–water partition coefficient (Wildman–Crippen LogP) is 4.11. The molecule has 0 N–H and O–H groups in total. The maximum absolute atomic E-state index is 4.52. The molecule has 2 heteroatoms. The monoisotopic (exact) mass is 189 g/mol. The van der Waals surface area contributed by atoms with Crippen molar-refractivity contribution in [2.75, 3.05) is 7.11 Å². The van der Waals surface area contributed by atoms with Crippen LogP contribution in [-0.2, 0) is 4.84 Å². The zero-order valence-electron chi connectivity index (χ0n) is 9.13. The van der Waals surface area contributed by atoms with Gasteiger partial charge in [-0.3, -0.25) is 0 Å². The fraction of sp³-hybridized carbons (Fsp3) is 0.909. The summed E-state index contributed by atoms with van der Waals surface area (Å²) in [6.07, 6.45) is 5.34. The lowest BCUT2D eigenvalue weighted by molar-refractivity contribution is 0.214. The average molecular weight is 189 g/mol. The lowest BCUT2D eigenvalue weighted by Gasteiger charge is -1.99. The molecule has 0 saturated heterocycles. The van der Waals surface area contributed by atoms with Crippen LogP contribution >= 0.6 is 0 Å². The smallest absolute Gasteiger partial charge is 0.106 e. The topological polar surface area (TPSA) is 21.6 Å². The predicted molar refractivity (Wildman–Crippen MR) is 62.3 cm³/mol. The first kappa shape index (κ1) is 18.3. The highest BCUT2D eigenvalue weighted by Gasteiger charge is 1.90. The molecule has 0 aliphatic heterocycles. The van der Waals surface area contributed by atoms with Crippen LogP contribution in [0.1, 0.15) is 54.4 Å². The minimum absolute atomic E-state index is 0. The Balaban J connectivity index is -0.000000309. The van der Waals surface area contributed by atoms with Crippen molar-refractivity contribution in [3.05, 3.63) is 0 Å². The van der Waals surface area contributed by atoms with E-state index in [0.29, 0.717) is 0 Å². The van der Waals surface area contributed by atoms with Gasteiger partial charge in [0.15, 0.2) is 0 Å². The first-order valence-corrected chi connectivity index (χ1v) is 4.82. The quantitative estimate of drug-likeness (QED) is 0.362. The first-order valence-electron chi connectivity index (χ1n) is 4.82. The summed E-state index contributed by atoms with van der Waals surface area (Å²) in [5, 5.41) is 3.64. The van der Waals surface area contributed by atoms with E-state index in [1.807, 2.05) is 20.1 Å². The van der Waals surface area contributed by atoms with Crippen molar-refractivity contribution in [1.82, 2.24) is 0 Å². The van der Waals surface area contributed by atoms with Crippen molar-refractivity contribution in [2.45, 2.75) is 54.4 Å². The van der Waals surface area contributed by atoms with Crippen molar-refractivity contribution in [2.24, 2.45) is 11.1 Å². The van der Waals surface area contributed by atoms with Crippen molar-refractivity contribution in [1.29, 1.82) is 0 Å². The molecule has 13 heavy (non-hydrogen) atoms. The van der Waals surface area contributed by atoms with Gasteiger partial charge >= 0.3 is 0 Å². The molecule has 0 aliphatic rings. The van der Waals surface area contributed by atoms with Gasteiger partial charge in [-0.05, 0) is 18.8 Å². The molecule has 2 nitrogen and oxygen atoms in total. The summed E-state index contributed by atoms with van der Waals surface area (Å²) in [6.45, 7) is 8.46. The van der Waals surface area contributed by atoms with Gasteiger partial charge in [-0.15, -0.1) is 0 Å². The number of hydrogen-bond acceptors (Lipinski definition) is 2. The maximum Gasteiger partial charge on any atom is 0.106 e. The van der Waals surface area contributed by atoms with E-state index in [-0.39, 0.29) is 7.43 Å². The van der Waals surface area contributed by atoms with E-state index in [9.17, 15) is 0 Å². The molecule has 0 rings (SSSR count). The largest absolute Gasteiger partial charge is 0.399 e. The van der Waals surface area contributed by atoms with Gasteiger partial charge < -0.3 is 4.84 Å². The van der Waals surface area contributed by atoms with E-state index in [2.05, 4.69) is 23.8 Å². The second-order valence-corrected chi connectivity index (χ2v) is 2.80. The van der Waals surface area contributed by atoms with Crippen LogP contribution in [0.3, 0.4) is 0 Å². The Morgan fingerprint density at radius 2 is 1.85 bits per heavy atom. The molecular weight excluding hydrogens is 162 g/mol. The van der Waals surface area contributed by atoms with E-state index >= 15 is 0 Å². The van der Waals surface area contributed by atoms with Crippen molar-refractivity contribution < 1.29 is 4.84 Å². The Bertz CT molecular complexity index is 90.1. The Morgan fingerprint density at radius 3 is 2.23 bits per heavy atom. The van der Waals surface area contributed by atoms with Crippen LogP contribution in [0.4, 0.5) is 0 Å². The van der Waals surface area contributed by atoms with E-state index in [4.69, 9.17) is 0 Å². The van der Waals surface area contributed by atoms with E-state index in [1.165, 1.54) is 12.8 Å². The molecule has 82 valence electrons. The third kappa shape index (κ3) is 24.6. The lowest BCUT2D eigenvalue weighted by Crippen LogP contribution is -1.87. The molecule has 0 fully saturated rings. The van der Waals surface area contributed by atoms with Crippen molar-refractivity contribution in [3.8, 4) is 0 Å². The Kier molecular flexibility index (Phi) is 24.7. The maximum atomic E-state index is 4.52. The van der Waals surface area contributed by atoms with Gasteiger partial charge in [0.1, 0.15) is 7.11 Å². The highest BCUT2D eigenvalue weighted by Crippen LogP contribution is 2.04. The van der Waals surface area contributed by atoms with Gasteiger partial charge in [0.05, 0.1) is 0 Å². The van der Waals surface area contributed by atoms with Crippen LogP contribution in [0, 0.1) is 5.92 Å². The zero-order chi connectivity index (χ0) is 9.82. The molecule has 0 atom stereocenters. The summed E-state index contributed by atoms with van der Waals surface area (Å²) in [6, 6.07) is 0. The fourth-order valence-corrected chi connectivity index (χ4v) is 0.745. The molecule has 0 aromatic rings. The normalized spacial score (nSPS) is 9.08. The number of unbranched alkanes of at least 4 members (excludes halogenated alkanes) is 1. The number of nitrogens with zero attached hydrogens (tertiary/aromatic N) is 1.